The Morgan fingerprint density at radius 1 is 1.04 bits per heavy atom. The molecule has 2 saturated heterocycles. The fourth-order valence-corrected chi connectivity index (χ4v) is 2.62. The maximum atomic E-state index is 11.7. The number of halogens is 1. The van der Waals surface area contributed by atoms with Gasteiger partial charge in [0.1, 0.15) is 5.60 Å². The highest BCUT2D eigenvalue weighted by Gasteiger charge is 2.24. The third-order valence-corrected chi connectivity index (χ3v) is 3.93. The zero-order chi connectivity index (χ0) is 18.7. The average molecular weight is 381 g/mol. The predicted molar refractivity (Wildman–Crippen MR) is 95.3 cm³/mol. The molecule has 0 unspecified atom stereocenters. The van der Waals surface area contributed by atoms with E-state index in [0.717, 1.165) is 44.3 Å². The minimum atomic E-state index is -0.445. The summed E-state index contributed by atoms with van der Waals surface area (Å²) in [5, 5.41) is 19.1. The highest BCUT2D eigenvalue weighted by atomic mass is 35.5. The van der Waals surface area contributed by atoms with Gasteiger partial charge in [0.2, 0.25) is 0 Å². The highest BCUT2D eigenvalue weighted by molar-refractivity contribution is 5.68. The smallest absolute Gasteiger partial charge is 0.410 e. The molecule has 2 rings (SSSR count). The molecule has 0 aromatic heterocycles. The third-order valence-electron chi connectivity index (χ3n) is 3.93. The zero-order valence-electron chi connectivity index (χ0n) is 15.9. The van der Waals surface area contributed by atoms with Crippen molar-refractivity contribution in [2.75, 3.05) is 26.2 Å². The van der Waals surface area contributed by atoms with Crippen molar-refractivity contribution in [2.24, 2.45) is 0 Å². The van der Waals surface area contributed by atoms with Gasteiger partial charge in [-0.15, -0.1) is 0 Å². The summed E-state index contributed by atoms with van der Waals surface area (Å²) in [6, 6.07) is 4.08. The van der Waals surface area contributed by atoms with Crippen molar-refractivity contribution in [3.8, 4) is 12.1 Å². The summed E-state index contributed by atoms with van der Waals surface area (Å²) in [6.45, 7) is 9.17. The Balaban J connectivity index is 0.000000532. The molecule has 2 heterocycles. The van der Waals surface area contributed by atoms with Gasteiger partial charge in [-0.25, -0.2) is 4.79 Å². The van der Waals surface area contributed by atoms with E-state index in [0.29, 0.717) is 13.1 Å². The van der Waals surface area contributed by atoms with Crippen LogP contribution in [0.15, 0.2) is 23.3 Å². The van der Waals surface area contributed by atoms with Gasteiger partial charge in [0.15, 0.2) is 0 Å². The van der Waals surface area contributed by atoms with Crippen LogP contribution in [-0.4, -0.2) is 42.8 Å². The van der Waals surface area contributed by atoms with Crippen LogP contribution >= 0.6 is 0 Å². The number of quaternary nitrogens is 1. The summed E-state index contributed by atoms with van der Waals surface area (Å²) in [5.74, 6) is 0. The van der Waals surface area contributed by atoms with Gasteiger partial charge in [-0.1, -0.05) is 5.57 Å². The molecule has 7 heteroatoms. The molecule has 2 aliphatic rings. The molecule has 2 N–H and O–H groups in total. The minimum Gasteiger partial charge on any atom is -1.00 e. The second kappa shape index (κ2) is 12.4. The van der Waals surface area contributed by atoms with Gasteiger partial charge < -0.3 is 27.4 Å². The molecule has 144 valence electrons. The summed E-state index contributed by atoms with van der Waals surface area (Å²) in [5.41, 5.74) is 1.99. The highest BCUT2D eigenvalue weighted by Crippen LogP contribution is 2.18. The maximum Gasteiger partial charge on any atom is 0.410 e. The quantitative estimate of drug-likeness (QED) is 0.560. The largest absolute Gasteiger partial charge is 1.00 e. The number of nitrogens with two attached hydrogens (primary N) is 1. The minimum absolute atomic E-state index is 0. The molecule has 0 radical (unpaired) electrons. The van der Waals surface area contributed by atoms with Crippen molar-refractivity contribution in [3.63, 3.8) is 0 Å². The van der Waals surface area contributed by atoms with E-state index in [1.807, 2.05) is 26.8 Å². The van der Waals surface area contributed by atoms with Gasteiger partial charge >= 0.3 is 6.09 Å². The lowest BCUT2D eigenvalue weighted by Crippen LogP contribution is -3.00. The van der Waals surface area contributed by atoms with E-state index in [-0.39, 0.29) is 18.5 Å². The van der Waals surface area contributed by atoms with Crippen LogP contribution in [0.4, 0.5) is 4.79 Å². The Hall–Kier alpha value is -2.02. The van der Waals surface area contributed by atoms with Crippen molar-refractivity contribution in [3.05, 3.63) is 23.3 Å². The summed E-state index contributed by atoms with van der Waals surface area (Å²) in [4.78, 5) is 13.4. The zero-order valence-corrected chi connectivity index (χ0v) is 16.7. The van der Waals surface area contributed by atoms with E-state index in [2.05, 4.69) is 11.4 Å². The summed E-state index contributed by atoms with van der Waals surface area (Å²) in [7, 11) is 0. The van der Waals surface area contributed by atoms with Gasteiger partial charge in [0.25, 0.3) is 0 Å². The van der Waals surface area contributed by atoms with E-state index in [1.165, 1.54) is 5.57 Å². The molecule has 0 aliphatic carbocycles. The number of hydrogen-bond donors (Lipinski definition) is 1. The first-order chi connectivity index (χ1) is 11.9. The number of hydrogen-bond acceptors (Lipinski definition) is 4. The van der Waals surface area contributed by atoms with E-state index in [1.54, 1.807) is 17.1 Å². The molecule has 0 saturated carbocycles. The topological polar surface area (TPSA) is 93.7 Å². The third kappa shape index (κ3) is 10.1. The van der Waals surface area contributed by atoms with Gasteiger partial charge in [-0.05, 0) is 39.2 Å². The monoisotopic (exact) mass is 380 g/mol. The molecule has 1 amide bonds. The van der Waals surface area contributed by atoms with Crippen molar-refractivity contribution in [1.29, 1.82) is 10.5 Å². The fraction of sp³-hybridized carbons (Fsp3) is 0.632. The van der Waals surface area contributed by atoms with Crippen molar-refractivity contribution >= 4 is 6.09 Å². The van der Waals surface area contributed by atoms with Crippen LogP contribution in [-0.2, 0) is 4.74 Å². The molecule has 0 aromatic carbocycles. The normalized spacial score (nSPS) is 16.7. The number of likely N-dealkylation sites (tertiary alicyclic amines) is 1. The number of nitriles is 2. The Labute approximate surface area is 162 Å². The molecule has 6 nitrogen and oxygen atoms in total. The van der Waals surface area contributed by atoms with Gasteiger partial charge in [0.05, 0.1) is 25.2 Å². The molecule has 0 bridgehead atoms. The standard InChI is InChI=1S/C12H18N2O2.C7H10N2.ClH/c1-12(2,3)16-11(15)14-8-5-10(4-7-13)6-9-14;8-4-1-7-2-5-9-6-3-7;/h4H,5-6,8-9H2,1-3H3;1,9H,2-3,5-6H2;1H. The maximum absolute atomic E-state index is 11.7. The number of ether oxygens (including phenoxy) is 1. The molecule has 2 aliphatic heterocycles. The second-order valence-electron chi connectivity index (χ2n) is 7.20. The number of carbonyl (C=O) groups excluding carboxylic acids is 1. The lowest BCUT2D eigenvalue weighted by Gasteiger charge is -2.30. The summed E-state index contributed by atoms with van der Waals surface area (Å²) in [6.07, 6.45) is 6.75. The van der Waals surface area contributed by atoms with E-state index in [9.17, 15) is 4.79 Å². The first kappa shape index (κ1) is 24.0. The van der Waals surface area contributed by atoms with Gasteiger partial charge in [0, 0.05) is 38.1 Å². The molecule has 26 heavy (non-hydrogen) atoms. The number of piperidine rings is 2. The molecular formula is C19H29ClN4O2. The number of amides is 1. The van der Waals surface area contributed by atoms with Crippen LogP contribution in [0.3, 0.4) is 0 Å². The van der Waals surface area contributed by atoms with Crippen LogP contribution in [0.2, 0.25) is 0 Å². The number of nitrogens with zero attached hydrogens (tertiary/aromatic N) is 3. The molecular weight excluding hydrogens is 352 g/mol. The fourth-order valence-electron chi connectivity index (χ4n) is 2.62. The van der Waals surface area contributed by atoms with Crippen molar-refractivity contribution < 1.29 is 27.3 Å². The van der Waals surface area contributed by atoms with E-state index in [4.69, 9.17) is 15.3 Å². The van der Waals surface area contributed by atoms with Gasteiger partial charge in [-0.3, -0.25) is 0 Å². The first-order valence-electron chi connectivity index (χ1n) is 8.80. The van der Waals surface area contributed by atoms with Crippen molar-refractivity contribution in [1.82, 2.24) is 4.90 Å². The Bertz CT molecular complexity index is 576. The van der Waals surface area contributed by atoms with Crippen LogP contribution < -0.4 is 17.7 Å². The Morgan fingerprint density at radius 2 is 1.50 bits per heavy atom. The molecule has 0 atom stereocenters. The van der Waals surface area contributed by atoms with E-state index >= 15 is 0 Å². The average Bonchev–Trinajstić information content (AvgIpc) is 2.56. The number of allylic oxidation sites excluding steroid dienone is 2. The van der Waals surface area contributed by atoms with Crippen LogP contribution in [0.1, 0.15) is 46.5 Å². The van der Waals surface area contributed by atoms with E-state index < -0.39 is 5.60 Å². The number of rotatable bonds is 0. The van der Waals surface area contributed by atoms with Crippen LogP contribution in [0.5, 0.6) is 0 Å². The molecule has 0 aromatic rings. The number of carbonyl (C=O) groups is 1. The first-order valence-corrected chi connectivity index (χ1v) is 8.80. The van der Waals surface area contributed by atoms with Crippen LogP contribution in [0.25, 0.3) is 0 Å². The summed E-state index contributed by atoms with van der Waals surface area (Å²) >= 11 is 0. The lowest BCUT2D eigenvalue weighted by molar-refractivity contribution is -0.658. The lowest BCUT2D eigenvalue weighted by atomic mass is 10.0. The van der Waals surface area contributed by atoms with Gasteiger partial charge in [-0.2, -0.15) is 10.5 Å². The summed E-state index contributed by atoms with van der Waals surface area (Å²) < 4.78 is 5.27. The van der Waals surface area contributed by atoms with Crippen LogP contribution in [0, 0.1) is 22.7 Å². The second-order valence-corrected chi connectivity index (χ2v) is 7.20. The molecule has 2 fully saturated rings. The Morgan fingerprint density at radius 3 is 1.92 bits per heavy atom. The Kier molecular flexibility index (Phi) is 11.4. The molecule has 0 spiro atoms. The van der Waals surface area contributed by atoms with Crippen molar-refractivity contribution in [2.45, 2.75) is 52.1 Å². The SMILES string of the molecule is CC(C)(C)OC(=O)N1CCC(=CC#N)CC1.N#CC=C1CC[NH2+]CC1.[Cl-]. The predicted octanol–water partition coefficient (Wildman–Crippen LogP) is -0.735.